The van der Waals surface area contributed by atoms with Crippen molar-refractivity contribution >= 4 is 23.6 Å². The first-order chi connectivity index (χ1) is 15.7. The SMILES string of the molecule is CCOC(=O)[C@H]1CCCN(C(=O)CSc2nnc(-c3ccncc3)n2-c2ccccc2)C1. The molecule has 3 heterocycles. The average molecular weight is 452 g/mol. The number of thioether (sulfide) groups is 1. The van der Waals surface area contributed by atoms with Crippen LogP contribution < -0.4 is 0 Å². The van der Waals surface area contributed by atoms with Crippen LogP contribution >= 0.6 is 11.8 Å². The maximum Gasteiger partial charge on any atom is 0.310 e. The fourth-order valence-electron chi connectivity index (χ4n) is 3.73. The van der Waals surface area contributed by atoms with Crippen LogP contribution in [0.1, 0.15) is 19.8 Å². The summed E-state index contributed by atoms with van der Waals surface area (Å²) in [5, 5.41) is 9.39. The molecular formula is C23H25N5O3S. The van der Waals surface area contributed by atoms with E-state index in [1.54, 1.807) is 24.2 Å². The second-order valence-electron chi connectivity index (χ2n) is 7.43. The summed E-state index contributed by atoms with van der Waals surface area (Å²) in [6.45, 7) is 3.21. The molecule has 4 rings (SSSR count). The molecule has 9 heteroatoms. The summed E-state index contributed by atoms with van der Waals surface area (Å²) in [5.74, 6) is 0.426. The van der Waals surface area contributed by atoms with E-state index < -0.39 is 0 Å². The molecule has 1 amide bonds. The second kappa shape index (κ2) is 10.4. The molecule has 0 saturated carbocycles. The minimum atomic E-state index is -0.246. The number of amides is 1. The van der Waals surface area contributed by atoms with Crippen LogP contribution in [-0.4, -0.2) is 62.0 Å². The van der Waals surface area contributed by atoms with E-state index >= 15 is 0 Å². The number of carbonyl (C=O) groups is 2. The van der Waals surface area contributed by atoms with Crippen LogP contribution in [0.15, 0.2) is 60.0 Å². The number of benzene rings is 1. The Labute approximate surface area is 191 Å². The predicted octanol–water partition coefficient (Wildman–Crippen LogP) is 3.22. The van der Waals surface area contributed by atoms with Crippen LogP contribution in [0, 0.1) is 5.92 Å². The summed E-state index contributed by atoms with van der Waals surface area (Å²) in [7, 11) is 0. The molecule has 0 bridgehead atoms. The molecule has 0 unspecified atom stereocenters. The van der Waals surface area contributed by atoms with E-state index in [1.165, 1.54) is 11.8 Å². The van der Waals surface area contributed by atoms with Crippen molar-refractivity contribution in [1.82, 2.24) is 24.6 Å². The number of ether oxygens (including phenoxy) is 1. The zero-order chi connectivity index (χ0) is 22.3. The zero-order valence-electron chi connectivity index (χ0n) is 17.9. The van der Waals surface area contributed by atoms with E-state index in [4.69, 9.17) is 4.74 Å². The van der Waals surface area contributed by atoms with Gasteiger partial charge in [0.15, 0.2) is 11.0 Å². The van der Waals surface area contributed by atoms with Gasteiger partial charge in [0.2, 0.25) is 5.91 Å². The maximum absolute atomic E-state index is 12.9. The van der Waals surface area contributed by atoms with Crippen molar-refractivity contribution in [2.45, 2.75) is 24.9 Å². The zero-order valence-corrected chi connectivity index (χ0v) is 18.7. The van der Waals surface area contributed by atoms with Gasteiger partial charge in [-0.05, 0) is 44.0 Å². The third-order valence-corrected chi connectivity index (χ3v) is 6.22. The van der Waals surface area contributed by atoms with Crippen molar-refractivity contribution in [2.75, 3.05) is 25.4 Å². The van der Waals surface area contributed by atoms with E-state index in [2.05, 4.69) is 15.2 Å². The lowest BCUT2D eigenvalue weighted by Gasteiger charge is -2.31. The number of hydrogen-bond donors (Lipinski definition) is 0. The first-order valence-corrected chi connectivity index (χ1v) is 11.6. The van der Waals surface area contributed by atoms with Gasteiger partial charge in [-0.15, -0.1) is 10.2 Å². The molecule has 166 valence electrons. The van der Waals surface area contributed by atoms with Crippen molar-refractivity contribution in [1.29, 1.82) is 0 Å². The molecule has 0 aliphatic carbocycles. The first kappa shape index (κ1) is 22.0. The number of likely N-dealkylation sites (tertiary alicyclic amines) is 1. The van der Waals surface area contributed by atoms with Crippen LogP contribution in [0.4, 0.5) is 0 Å². The molecule has 0 N–H and O–H groups in total. The molecule has 1 aliphatic heterocycles. The van der Waals surface area contributed by atoms with Gasteiger partial charge in [0.05, 0.1) is 18.3 Å². The Morgan fingerprint density at radius 1 is 1.12 bits per heavy atom. The molecule has 1 fully saturated rings. The van der Waals surface area contributed by atoms with Crippen LogP contribution in [-0.2, 0) is 14.3 Å². The highest BCUT2D eigenvalue weighted by atomic mass is 32.2. The molecule has 1 aliphatic rings. The molecule has 1 saturated heterocycles. The molecule has 32 heavy (non-hydrogen) atoms. The van der Waals surface area contributed by atoms with Crippen LogP contribution in [0.3, 0.4) is 0 Å². The van der Waals surface area contributed by atoms with Gasteiger partial charge in [0, 0.05) is 36.7 Å². The molecule has 0 spiro atoms. The number of nitrogens with zero attached hydrogens (tertiary/aromatic N) is 5. The second-order valence-corrected chi connectivity index (χ2v) is 8.38. The van der Waals surface area contributed by atoms with Gasteiger partial charge in [-0.25, -0.2) is 0 Å². The molecule has 0 radical (unpaired) electrons. The minimum absolute atomic E-state index is 0.0166. The molecular weight excluding hydrogens is 426 g/mol. The van der Waals surface area contributed by atoms with Gasteiger partial charge in [0.25, 0.3) is 0 Å². The Kier molecular flexibility index (Phi) is 7.16. The number of rotatable bonds is 7. The maximum atomic E-state index is 12.9. The normalized spacial score (nSPS) is 16.0. The fourth-order valence-corrected chi connectivity index (χ4v) is 4.59. The average Bonchev–Trinajstić information content (AvgIpc) is 3.28. The Balaban J connectivity index is 1.50. The van der Waals surface area contributed by atoms with Gasteiger partial charge < -0.3 is 9.64 Å². The Morgan fingerprint density at radius 3 is 2.66 bits per heavy atom. The molecule has 1 atom stereocenters. The number of pyridine rings is 1. The summed E-state index contributed by atoms with van der Waals surface area (Å²) < 4.78 is 7.09. The molecule has 8 nitrogen and oxygen atoms in total. The van der Waals surface area contributed by atoms with Gasteiger partial charge >= 0.3 is 5.97 Å². The number of aromatic nitrogens is 4. The molecule has 1 aromatic carbocycles. The van der Waals surface area contributed by atoms with Crippen molar-refractivity contribution in [3.63, 3.8) is 0 Å². The minimum Gasteiger partial charge on any atom is -0.466 e. The number of hydrogen-bond acceptors (Lipinski definition) is 7. The largest absolute Gasteiger partial charge is 0.466 e. The number of para-hydroxylation sites is 1. The van der Waals surface area contributed by atoms with Crippen LogP contribution in [0.2, 0.25) is 0 Å². The predicted molar refractivity (Wildman–Crippen MR) is 121 cm³/mol. The number of carbonyl (C=O) groups excluding carboxylic acids is 2. The Morgan fingerprint density at radius 2 is 1.91 bits per heavy atom. The number of esters is 1. The monoisotopic (exact) mass is 451 g/mol. The quantitative estimate of drug-likeness (QED) is 0.402. The lowest BCUT2D eigenvalue weighted by atomic mass is 9.98. The molecule has 3 aromatic rings. The van der Waals surface area contributed by atoms with E-state index in [0.29, 0.717) is 30.7 Å². The van der Waals surface area contributed by atoms with Crippen molar-refractivity contribution in [3.8, 4) is 17.1 Å². The Bertz CT molecular complexity index is 1060. The van der Waals surface area contributed by atoms with Crippen LogP contribution in [0.5, 0.6) is 0 Å². The van der Waals surface area contributed by atoms with Gasteiger partial charge in [-0.1, -0.05) is 30.0 Å². The third-order valence-electron chi connectivity index (χ3n) is 5.31. The topological polar surface area (TPSA) is 90.2 Å². The van der Waals surface area contributed by atoms with Crippen molar-refractivity contribution in [2.24, 2.45) is 5.92 Å². The first-order valence-electron chi connectivity index (χ1n) is 10.7. The van der Waals surface area contributed by atoms with Gasteiger partial charge in [-0.2, -0.15) is 0 Å². The third kappa shape index (κ3) is 4.99. The van der Waals surface area contributed by atoms with Crippen molar-refractivity contribution < 1.29 is 14.3 Å². The highest BCUT2D eigenvalue weighted by Crippen LogP contribution is 2.28. The summed E-state index contributed by atoms with van der Waals surface area (Å²) in [5.41, 5.74) is 1.81. The Hall–Kier alpha value is -3.20. The van der Waals surface area contributed by atoms with E-state index in [9.17, 15) is 9.59 Å². The van der Waals surface area contributed by atoms with E-state index in [-0.39, 0.29) is 23.5 Å². The van der Waals surface area contributed by atoms with E-state index in [0.717, 1.165) is 24.1 Å². The lowest BCUT2D eigenvalue weighted by Crippen LogP contribution is -2.43. The highest BCUT2D eigenvalue weighted by Gasteiger charge is 2.29. The summed E-state index contributed by atoms with van der Waals surface area (Å²) in [4.78, 5) is 30.8. The summed E-state index contributed by atoms with van der Waals surface area (Å²) in [6, 6.07) is 13.6. The fraction of sp³-hybridized carbons (Fsp3) is 0.348. The number of piperidine rings is 1. The molecule has 2 aromatic heterocycles. The standard InChI is InChI=1S/C23H25N5O3S/c1-2-31-22(30)18-7-6-14-27(15-18)20(29)16-32-23-26-25-21(17-10-12-24-13-11-17)28(23)19-8-4-3-5-9-19/h3-5,8-13,18H,2,6-7,14-16H2,1H3/t18-/m0/s1. The summed E-state index contributed by atoms with van der Waals surface area (Å²) >= 11 is 1.35. The highest BCUT2D eigenvalue weighted by molar-refractivity contribution is 7.99. The van der Waals surface area contributed by atoms with Gasteiger partial charge in [0.1, 0.15) is 0 Å². The van der Waals surface area contributed by atoms with Crippen molar-refractivity contribution in [3.05, 3.63) is 54.9 Å². The van der Waals surface area contributed by atoms with E-state index in [1.807, 2.05) is 47.0 Å². The van der Waals surface area contributed by atoms with Crippen LogP contribution in [0.25, 0.3) is 17.1 Å². The smallest absolute Gasteiger partial charge is 0.310 e. The summed E-state index contributed by atoms with van der Waals surface area (Å²) in [6.07, 6.45) is 4.98. The lowest BCUT2D eigenvalue weighted by molar-refractivity contribution is -0.151. The van der Waals surface area contributed by atoms with Gasteiger partial charge in [-0.3, -0.25) is 19.1 Å².